The summed E-state index contributed by atoms with van der Waals surface area (Å²) in [4.78, 5) is 62.7. The molecule has 0 bridgehead atoms. The highest BCUT2D eigenvalue weighted by Gasteiger charge is 2.33. The second kappa shape index (κ2) is 17.8. The summed E-state index contributed by atoms with van der Waals surface area (Å²) in [6.45, 7) is 5.65. The maximum atomic E-state index is 13.6. The molecule has 1 aliphatic heterocycles. The highest BCUT2D eigenvalue weighted by atomic mass is 19.4. The van der Waals surface area contributed by atoms with Gasteiger partial charge >= 0.3 is 6.18 Å². The molecule has 1 aromatic carbocycles. The third-order valence-corrected chi connectivity index (χ3v) is 8.75. The maximum absolute atomic E-state index is 13.6. The molecule has 282 valence electrons. The monoisotopic (exact) mass is 730 g/mol. The Morgan fingerprint density at radius 1 is 1.02 bits per heavy atom. The number of hydrogen-bond donors (Lipinski definition) is 3. The molecule has 0 spiro atoms. The van der Waals surface area contributed by atoms with Crippen LogP contribution in [-0.4, -0.2) is 88.2 Å². The summed E-state index contributed by atoms with van der Waals surface area (Å²) in [5.41, 5.74) is -0.353. The summed E-state index contributed by atoms with van der Waals surface area (Å²) in [7, 11) is 3.07. The number of carbonyl (C=O) groups is 4. The van der Waals surface area contributed by atoms with Gasteiger partial charge in [0.1, 0.15) is 24.1 Å². The molecule has 4 rings (SSSR count). The number of rotatable bonds is 7. The van der Waals surface area contributed by atoms with Crippen LogP contribution in [0.25, 0.3) is 0 Å². The summed E-state index contributed by atoms with van der Waals surface area (Å²) in [6, 6.07) is 5.62. The Hall–Kier alpha value is -5.22. The first-order valence-electron chi connectivity index (χ1n) is 17.1. The Morgan fingerprint density at radius 2 is 1.75 bits per heavy atom. The molecule has 0 saturated heterocycles. The number of benzene rings is 1. The van der Waals surface area contributed by atoms with Gasteiger partial charge in [-0.2, -0.15) is 18.3 Å². The summed E-state index contributed by atoms with van der Waals surface area (Å²) >= 11 is 0. The first-order chi connectivity index (χ1) is 24.7. The first-order valence-corrected chi connectivity index (χ1v) is 17.1. The van der Waals surface area contributed by atoms with Crippen LogP contribution in [0.15, 0.2) is 36.5 Å². The Morgan fingerprint density at radius 3 is 2.40 bits per heavy atom. The zero-order valence-electron chi connectivity index (χ0n) is 29.9. The van der Waals surface area contributed by atoms with Crippen LogP contribution in [0.1, 0.15) is 85.8 Å². The van der Waals surface area contributed by atoms with E-state index >= 15 is 0 Å². The Kier molecular flexibility index (Phi) is 13.6. The van der Waals surface area contributed by atoms with E-state index in [0.717, 1.165) is 23.9 Å². The molecule has 3 N–H and O–H groups in total. The number of pyridine rings is 1. The topological polar surface area (TPSA) is 170 Å². The minimum atomic E-state index is -4.66. The van der Waals surface area contributed by atoms with Crippen molar-refractivity contribution in [3.8, 4) is 11.5 Å². The third-order valence-electron chi connectivity index (χ3n) is 8.75. The van der Waals surface area contributed by atoms with E-state index in [9.17, 15) is 32.3 Å². The van der Waals surface area contributed by atoms with Crippen molar-refractivity contribution in [3.63, 3.8) is 0 Å². The van der Waals surface area contributed by atoms with Crippen LogP contribution in [0.2, 0.25) is 0 Å². The average molecular weight is 731 g/mol. The number of hydrogen-bond acceptors (Lipinski definition) is 9. The van der Waals surface area contributed by atoms with Crippen LogP contribution in [0.4, 0.5) is 13.2 Å². The zero-order chi connectivity index (χ0) is 38.0. The fraction of sp³-hybridized carbons (Fsp3) is 0.514. The van der Waals surface area contributed by atoms with Crippen molar-refractivity contribution >= 4 is 23.6 Å². The second-order valence-electron chi connectivity index (χ2n) is 12.6. The molecule has 1 aliphatic rings. The average Bonchev–Trinajstić information content (AvgIpc) is 3.51. The normalized spacial score (nSPS) is 18.9. The summed E-state index contributed by atoms with van der Waals surface area (Å²) in [5, 5.41) is 13.2. The minimum Gasteiger partial charge on any atom is -0.493 e. The molecule has 14 nitrogen and oxygen atoms in total. The van der Waals surface area contributed by atoms with Crippen LogP contribution < -0.4 is 25.4 Å². The van der Waals surface area contributed by atoms with E-state index in [1.165, 1.54) is 23.8 Å². The lowest BCUT2D eigenvalue weighted by atomic mass is 9.97. The van der Waals surface area contributed by atoms with Crippen LogP contribution in [0.3, 0.4) is 0 Å². The molecule has 3 heterocycles. The van der Waals surface area contributed by atoms with Crippen molar-refractivity contribution in [2.24, 2.45) is 5.92 Å². The second-order valence-corrected chi connectivity index (χ2v) is 12.6. The predicted molar refractivity (Wildman–Crippen MR) is 182 cm³/mol. The van der Waals surface area contributed by atoms with Crippen LogP contribution in [0.5, 0.6) is 11.5 Å². The lowest BCUT2D eigenvalue weighted by molar-refractivity contribution is -0.141. The zero-order valence-corrected chi connectivity index (χ0v) is 29.9. The molecule has 0 saturated carbocycles. The van der Waals surface area contributed by atoms with Gasteiger partial charge in [0.05, 0.1) is 25.8 Å². The maximum Gasteiger partial charge on any atom is 0.433 e. The number of amides is 4. The van der Waals surface area contributed by atoms with E-state index in [2.05, 4.69) is 26.0 Å². The van der Waals surface area contributed by atoms with Crippen molar-refractivity contribution in [3.05, 3.63) is 65.0 Å². The number of carbonyl (C=O) groups excluding carboxylic acids is 4. The predicted octanol–water partition coefficient (Wildman–Crippen LogP) is 3.45. The minimum absolute atomic E-state index is 0.0185. The standard InChI is InChI=1S/C35H45F3N8O6/c1-6-21(2)31-33(49)41-22(3)32-42-28(18-23-10-12-25(51-4)26(17-23)52-5)44-46(32)20-30(48)39-14-8-16-45(15-7-9-29(47)43-31)34(50)24-11-13-27(40-19-24)35(36,37)38/h10-13,17,19,21-22,31H,6-9,14-16,18,20H2,1-5H3,(H,39,48)(H,41,49)(H,43,47)/t21-,22+,31-/m0/s1. The van der Waals surface area contributed by atoms with Gasteiger partial charge in [-0.25, -0.2) is 9.67 Å². The van der Waals surface area contributed by atoms with Gasteiger partial charge in [0.25, 0.3) is 5.91 Å². The molecule has 0 radical (unpaired) electrons. The van der Waals surface area contributed by atoms with Crippen LogP contribution in [-0.2, 0) is 33.5 Å². The number of halogens is 3. The lowest BCUT2D eigenvalue weighted by Crippen LogP contribution is -2.51. The summed E-state index contributed by atoms with van der Waals surface area (Å²) in [5.74, 6) is -0.235. The fourth-order valence-corrected chi connectivity index (χ4v) is 5.71. The van der Waals surface area contributed by atoms with E-state index in [1.807, 2.05) is 19.9 Å². The molecule has 3 aromatic rings. The highest BCUT2D eigenvalue weighted by molar-refractivity contribution is 5.94. The van der Waals surface area contributed by atoms with Gasteiger partial charge in [-0.1, -0.05) is 26.3 Å². The quantitative estimate of drug-likeness (QED) is 0.330. The first kappa shape index (κ1) is 39.6. The van der Waals surface area contributed by atoms with Crippen LogP contribution >= 0.6 is 0 Å². The van der Waals surface area contributed by atoms with Gasteiger partial charge in [0.2, 0.25) is 17.7 Å². The third kappa shape index (κ3) is 10.4. The smallest absolute Gasteiger partial charge is 0.433 e. The fourth-order valence-electron chi connectivity index (χ4n) is 5.71. The number of ether oxygens (including phenoxy) is 2. The molecule has 52 heavy (non-hydrogen) atoms. The Labute approximate surface area is 299 Å². The molecule has 4 amide bonds. The van der Waals surface area contributed by atoms with Gasteiger partial charge in [-0.3, -0.25) is 24.2 Å². The van der Waals surface area contributed by atoms with E-state index in [-0.39, 0.29) is 56.9 Å². The Balaban J connectivity index is 1.59. The lowest BCUT2D eigenvalue weighted by Gasteiger charge is -2.26. The molecular formula is C35H45F3N8O6. The molecular weight excluding hydrogens is 685 g/mol. The van der Waals surface area contributed by atoms with Crippen molar-refractivity contribution in [1.82, 2.24) is 40.6 Å². The van der Waals surface area contributed by atoms with E-state index < -0.39 is 47.6 Å². The van der Waals surface area contributed by atoms with Gasteiger partial charge in [-0.15, -0.1) is 0 Å². The number of alkyl halides is 3. The van der Waals surface area contributed by atoms with E-state index in [0.29, 0.717) is 36.0 Å². The largest absolute Gasteiger partial charge is 0.493 e. The summed E-state index contributed by atoms with van der Waals surface area (Å²) < 4.78 is 51.3. The van der Waals surface area contributed by atoms with E-state index in [1.54, 1.807) is 19.1 Å². The van der Waals surface area contributed by atoms with Crippen molar-refractivity contribution in [2.75, 3.05) is 33.9 Å². The van der Waals surface area contributed by atoms with Crippen LogP contribution in [0, 0.1) is 5.92 Å². The van der Waals surface area contributed by atoms with Crippen molar-refractivity contribution in [1.29, 1.82) is 0 Å². The van der Waals surface area contributed by atoms with Gasteiger partial charge in [-0.05, 0) is 55.5 Å². The number of methoxy groups -OCH3 is 2. The molecule has 17 heteroatoms. The molecule has 3 atom stereocenters. The SMILES string of the molecule is CC[C@H](C)[C@@H]1NC(=O)CCCN(C(=O)c2ccc(C(F)(F)F)nc2)CCCNC(=O)Cn2nc(Cc3ccc(OC)c(OC)c3)nc2[C@@H](C)NC1=O. The number of nitrogens with one attached hydrogen (secondary N) is 3. The highest BCUT2D eigenvalue weighted by Crippen LogP contribution is 2.29. The molecule has 0 fully saturated rings. The van der Waals surface area contributed by atoms with Gasteiger partial charge < -0.3 is 30.3 Å². The number of nitrogens with zero attached hydrogens (tertiary/aromatic N) is 5. The summed E-state index contributed by atoms with van der Waals surface area (Å²) in [6.07, 6.45) is -2.40. The molecule has 2 aromatic heterocycles. The number of aromatic nitrogens is 4. The molecule has 0 unspecified atom stereocenters. The Bertz CT molecular complexity index is 1720. The van der Waals surface area contributed by atoms with Gasteiger partial charge in [0.15, 0.2) is 17.3 Å². The van der Waals surface area contributed by atoms with Gasteiger partial charge in [0, 0.05) is 38.7 Å². The number of fused-ring (bicyclic) bond motifs is 1. The van der Waals surface area contributed by atoms with Crippen molar-refractivity contribution < 1.29 is 41.8 Å². The van der Waals surface area contributed by atoms with Crippen molar-refractivity contribution in [2.45, 2.75) is 77.7 Å². The molecule has 0 aliphatic carbocycles. The van der Waals surface area contributed by atoms with E-state index in [4.69, 9.17) is 14.5 Å².